The lowest BCUT2D eigenvalue weighted by Crippen LogP contribution is -2.04. The highest BCUT2D eigenvalue weighted by atomic mass is 79.9. The monoisotopic (exact) mass is 396 g/mol. The zero-order chi connectivity index (χ0) is 14.1. The maximum atomic E-state index is 4.68. The third-order valence-corrected chi connectivity index (χ3v) is 4.16. The van der Waals surface area contributed by atoms with Gasteiger partial charge in [0, 0.05) is 39.4 Å². The van der Waals surface area contributed by atoms with Crippen molar-refractivity contribution >= 4 is 37.7 Å². The molecule has 0 bridgehead atoms. The summed E-state index contributed by atoms with van der Waals surface area (Å²) in [5.74, 6) is 2.13. The number of hydrogen-bond donors (Lipinski definition) is 1. The van der Waals surface area contributed by atoms with E-state index in [9.17, 15) is 0 Å². The molecule has 3 rings (SSSR count). The number of aromatic nitrogens is 3. The van der Waals surface area contributed by atoms with E-state index in [1.807, 2.05) is 6.07 Å². The minimum absolute atomic E-state index is 0.586. The van der Waals surface area contributed by atoms with Crippen LogP contribution in [0.4, 0.5) is 5.82 Å². The topological polar surface area (TPSA) is 50.7 Å². The van der Waals surface area contributed by atoms with E-state index in [4.69, 9.17) is 0 Å². The van der Waals surface area contributed by atoms with E-state index in [-0.39, 0.29) is 0 Å². The van der Waals surface area contributed by atoms with Gasteiger partial charge in [0.1, 0.15) is 11.5 Å². The molecule has 2 aromatic heterocycles. The highest BCUT2D eigenvalue weighted by Crippen LogP contribution is 2.40. The van der Waals surface area contributed by atoms with Crippen LogP contribution >= 0.6 is 31.9 Å². The molecule has 0 spiro atoms. The maximum Gasteiger partial charge on any atom is 0.181 e. The van der Waals surface area contributed by atoms with Gasteiger partial charge >= 0.3 is 0 Å². The van der Waals surface area contributed by atoms with Crippen molar-refractivity contribution in [1.82, 2.24) is 15.0 Å². The third-order valence-electron chi connectivity index (χ3n) is 3.12. The number of hydrogen-bond acceptors (Lipinski definition) is 4. The zero-order valence-electron chi connectivity index (χ0n) is 11.0. The fourth-order valence-electron chi connectivity index (χ4n) is 2.01. The molecule has 6 heteroatoms. The molecule has 0 unspecified atom stereocenters. The first-order chi connectivity index (χ1) is 9.67. The lowest BCUT2D eigenvalue weighted by molar-refractivity contribution is 0.980. The smallest absolute Gasteiger partial charge is 0.181 e. The van der Waals surface area contributed by atoms with Crippen LogP contribution in [0.15, 0.2) is 27.3 Å². The predicted octanol–water partition coefficient (Wildman–Crippen LogP) is 4.37. The molecule has 0 saturated heterocycles. The largest absolute Gasteiger partial charge is 0.370 e. The number of anilines is 1. The Morgan fingerprint density at radius 2 is 2.05 bits per heavy atom. The Morgan fingerprint density at radius 1 is 1.25 bits per heavy atom. The molecular weight excluding hydrogens is 384 g/mol. The lowest BCUT2D eigenvalue weighted by atomic mass is 10.2. The average molecular weight is 398 g/mol. The van der Waals surface area contributed by atoms with Gasteiger partial charge in [0.2, 0.25) is 0 Å². The molecule has 0 aromatic carbocycles. The summed E-state index contributed by atoms with van der Waals surface area (Å²) >= 11 is 6.94. The van der Waals surface area contributed by atoms with Crippen molar-refractivity contribution in [2.45, 2.75) is 25.7 Å². The summed E-state index contributed by atoms with van der Waals surface area (Å²) in [6, 6.07) is 4.01. The van der Waals surface area contributed by atoms with Gasteiger partial charge in [-0.25, -0.2) is 9.97 Å². The van der Waals surface area contributed by atoms with Gasteiger partial charge in [0.25, 0.3) is 0 Å². The normalized spacial score (nSPS) is 14.3. The van der Waals surface area contributed by atoms with Gasteiger partial charge in [-0.1, -0.05) is 0 Å². The van der Waals surface area contributed by atoms with E-state index in [1.165, 1.54) is 12.8 Å². The summed E-state index contributed by atoms with van der Waals surface area (Å²) in [7, 11) is 0. The molecule has 2 heterocycles. The predicted molar refractivity (Wildman–Crippen MR) is 86.8 cm³/mol. The van der Waals surface area contributed by atoms with Gasteiger partial charge in [-0.3, -0.25) is 4.98 Å². The fourth-order valence-corrected chi connectivity index (χ4v) is 3.18. The van der Waals surface area contributed by atoms with E-state index in [0.29, 0.717) is 11.7 Å². The Kier molecular flexibility index (Phi) is 4.03. The number of rotatable bonds is 4. The molecular formula is C14H14Br2N4. The van der Waals surface area contributed by atoms with Crippen molar-refractivity contribution < 1.29 is 0 Å². The minimum Gasteiger partial charge on any atom is -0.370 e. The van der Waals surface area contributed by atoms with Crippen molar-refractivity contribution in [2.75, 3.05) is 11.9 Å². The molecule has 104 valence electrons. The highest BCUT2D eigenvalue weighted by Gasteiger charge is 2.26. The Labute approximate surface area is 134 Å². The molecule has 0 atom stereocenters. The highest BCUT2D eigenvalue weighted by molar-refractivity contribution is 9.11. The molecule has 1 aliphatic carbocycles. The Bertz CT molecular complexity index is 641. The second kappa shape index (κ2) is 5.77. The Hall–Kier alpha value is -1.01. The van der Waals surface area contributed by atoms with Crippen LogP contribution in [0.3, 0.4) is 0 Å². The summed E-state index contributed by atoms with van der Waals surface area (Å²) < 4.78 is 1.82. The van der Waals surface area contributed by atoms with E-state index in [0.717, 1.165) is 32.7 Å². The van der Waals surface area contributed by atoms with Crippen LogP contribution in [0, 0.1) is 0 Å². The molecule has 1 aliphatic rings. The first kappa shape index (κ1) is 13.9. The molecule has 20 heavy (non-hydrogen) atoms. The van der Waals surface area contributed by atoms with E-state index in [1.54, 1.807) is 6.20 Å². The summed E-state index contributed by atoms with van der Waals surface area (Å²) in [5.41, 5.74) is 1.89. The van der Waals surface area contributed by atoms with Crippen LogP contribution in [0.1, 0.15) is 31.4 Å². The van der Waals surface area contributed by atoms with Gasteiger partial charge in [-0.15, -0.1) is 0 Å². The first-order valence-corrected chi connectivity index (χ1v) is 8.20. The van der Waals surface area contributed by atoms with Crippen LogP contribution in [0.25, 0.3) is 11.5 Å². The lowest BCUT2D eigenvalue weighted by Gasteiger charge is -2.09. The third kappa shape index (κ3) is 3.01. The van der Waals surface area contributed by atoms with Crippen LogP contribution in [-0.4, -0.2) is 21.5 Å². The van der Waals surface area contributed by atoms with Crippen molar-refractivity contribution in [3.05, 3.63) is 33.0 Å². The van der Waals surface area contributed by atoms with Crippen LogP contribution in [0.2, 0.25) is 0 Å². The molecule has 1 fully saturated rings. The number of pyridine rings is 1. The second-order valence-corrected chi connectivity index (χ2v) is 6.56. The molecule has 1 saturated carbocycles. The van der Waals surface area contributed by atoms with Crippen molar-refractivity contribution in [1.29, 1.82) is 0 Å². The number of halogens is 2. The zero-order valence-corrected chi connectivity index (χ0v) is 14.2. The van der Waals surface area contributed by atoms with Gasteiger partial charge in [-0.2, -0.15) is 0 Å². The van der Waals surface area contributed by atoms with Gasteiger partial charge in [0.15, 0.2) is 5.82 Å². The molecule has 0 radical (unpaired) electrons. The minimum atomic E-state index is 0.586. The van der Waals surface area contributed by atoms with Gasteiger partial charge in [-0.05, 0) is 57.7 Å². The van der Waals surface area contributed by atoms with Crippen molar-refractivity contribution in [2.24, 2.45) is 0 Å². The molecule has 4 nitrogen and oxygen atoms in total. The molecule has 2 aromatic rings. The molecule has 0 aliphatic heterocycles. The van der Waals surface area contributed by atoms with Crippen molar-refractivity contribution in [3.8, 4) is 11.5 Å². The number of nitrogens with zero attached hydrogens (tertiary/aromatic N) is 3. The van der Waals surface area contributed by atoms with E-state index >= 15 is 0 Å². The maximum absolute atomic E-state index is 4.68. The Morgan fingerprint density at radius 3 is 2.70 bits per heavy atom. The average Bonchev–Trinajstić information content (AvgIpc) is 3.23. The SMILES string of the molecule is CCNc1cc(C2CC2)nc(-c2ncc(Br)cc2Br)n1. The summed E-state index contributed by atoms with van der Waals surface area (Å²) in [6.07, 6.45) is 4.20. The van der Waals surface area contributed by atoms with E-state index in [2.05, 4.69) is 65.1 Å². The molecule has 1 N–H and O–H groups in total. The fraction of sp³-hybridized carbons (Fsp3) is 0.357. The summed E-state index contributed by atoms with van der Waals surface area (Å²) in [6.45, 7) is 2.90. The summed E-state index contributed by atoms with van der Waals surface area (Å²) in [5, 5.41) is 3.27. The van der Waals surface area contributed by atoms with Crippen LogP contribution in [-0.2, 0) is 0 Å². The van der Waals surface area contributed by atoms with Crippen LogP contribution in [0.5, 0.6) is 0 Å². The van der Waals surface area contributed by atoms with Gasteiger partial charge < -0.3 is 5.32 Å². The van der Waals surface area contributed by atoms with Crippen molar-refractivity contribution in [3.63, 3.8) is 0 Å². The molecule has 0 amide bonds. The van der Waals surface area contributed by atoms with E-state index < -0.39 is 0 Å². The first-order valence-electron chi connectivity index (χ1n) is 6.61. The van der Waals surface area contributed by atoms with Gasteiger partial charge in [0.05, 0.1) is 0 Å². The van der Waals surface area contributed by atoms with Crippen LogP contribution < -0.4 is 5.32 Å². The second-order valence-electron chi connectivity index (χ2n) is 4.79. The number of nitrogens with one attached hydrogen (secondary N) is 1. The standard InChI is InChI=1S/C14H14Br2N4/c1-2-17-12-6-11(8-3-4-8)19-14(20-12)13-10(16)5-9(15)7-18-13/h5-8H,2-4H2,1H3,(H,17,19,20). The summed E-state index contributed by atoms with van der Waals surface area (Å²) in [4.78, 5) is 13.7. The Balaban J connectivity index is 2.06. The quantitative estimate of drug-likeness (QED) is 0.831.